The van der Waals surface area contributed by atoms with Crippen molar-refractivity contribution in [2.75, 3.05) is 12.4 Å². The number of halogens is 1. The summed E-state index contributed by atoms with van der Waals surface area (Å²) in [6.07, 6.45) is 0. The highest BCUT2D eigenvalue weighted by Crippen LogP contribution is 2.26. The minimum Gasteiger partial charge on any atom is -0.355 e. The van der Waals surface area contributed by atoms with Gasteiger partial charge >= 0.3 is 0 Å². The molecule has 30 heavy (non-hydrogen) atoms. The van der Waals surface area contributed by atoms with Crippen molar-refractivity contribution in [2.24, 2.45) is 0 Å². The van der Waals surface area contributed by atoms with Crippen molar-refractivity contribution in [2.45, 2.75) is 0 Å². The van der Waals surface area contributed by atoms with Crippen molar-refractivity contribution < 1.29 is 14.0 Å². The lowest BCUT2D eigenvalue weighted by Crippen LogP contribution is -2.18. The Kier molecular flexibility index (Phi) is 5.22. The van der Waals surface area contributed by atoms with Crippen molar-refractivity contribution in [3.63, 3.8) is 0 Å². The van der Waals surface area contributed by atoms with Gasteiger partial charge in [-0.05, 0) is 54.6 Å². The molecule has 0 fully saturated rings. The lowest BCUT2D eigenvalue weighted by atomic mass is 10.0. The summed E-state index contributed by atoms with van der Waals surface area (Å²) in [7, 11) is 1.55. The first-order chi connectivity index (χ1) is 14.5. The lowest BCUT2D eigenvalue weighted by molar-refractivity contribution is 0.0961. The van der Waals surface area contributed by atoms with Crippen LogP contribution in [0.1, 0.15) is 20.7 Å². The van der Waals surface area contributed by atoms with E-state index in [0.717, 1.165) is 0 Å². The summed E-state index contributed by atoms with van der Waals surface area (Å²) in [6.45, 7) is 0. The molecule has 0 radical (unpaired) electrons. The zero-order chi connectivity index (χ0) is 21.1. The molecule has 0 saturated carbocycles. The van der Waals surface area contributed by atoms with Crippen LogP contribution in [0.2, 0.25) is 0 Å². The van der Waals surface area contributed by atoms with E-state index in [2.05, 4.69) is 15.6 Å². The number of hydrogen-bond acceptors (Lipinski definition) is 3. The molecule has 148 valence electrons. The van der Waals surface area contributed by atoms with Crippen molar-refractivity contribution in [1.29, 1.82) is 0 Å². The highest BCUT2D eigenvalue weighted by molar-refractivity contribution is 6.13. The van der Waals surface area contributed by atoms with Crippen LogP contribution >= 0.6 is 0 Å². The van der Waals surface area contributed by atoms with Crippen LogP contribution in [-0.2, 0) is 0 Å². The average Bonchev–Trinajstić information content (AvgIpc) is 2.78. The molecule has 0 aliphatic heterocycles. The Morgan fingerprint density at radius 2 is 1.63 bits per heavy atom. The molecule has 0 spiro atoms. The third-order valence-electron chi connectivity index (χ3n) is 4.71. The fraction of sp³-hybridized carbons (Fsp3) is 0.0417. The number of rotatable bonds is 4. The number of amides is 2. The van der Waals surface area contributed by atoms with E-state index in [1.807, 2.05) is 24.3 Å². The van der Waals surface area contributed by atoms with Gasteiger partial charge in [0.25, 0.3) is 11.8 Å². The van der Waals surface area contributed by atoms with Crippen molar-refractivity contribution >= 4 is 28.4 Å². The van der Waals surface area contributed by atoms with Gasteiger partial charge in [-0.3, -0.25) is 9.59 Å². The number of aromatic nitrogens is 1. The first kappa shape index (κ1) is 19.3. The van der Waals surface area contributed by atoms with Crippen molar-refractivity contribution in [3.8, 4) is 11.3 Å². The lowest BCUT2D eigenvalue weighted by Gasteiger charge is -2.11. The summed E-state index contributed by atoms with van der Waals surface area (Å²) in [4.78, 5) is 29.6. The number of benzene rings is 3. The number of fused-ring (bicyclic) bond motifs is 1. The van der Waals surface area contributed by atoms with Crippen LogP contribution in [0, 0.1) is 5.82 Å². The Hall–Kier alpha value is -4.06. The molecule has 0 saturated heterocycles. The molecule has 4 rings (SSSR count). The molecule has 3 aromatic carbocycles. The second-order valence-electron chi connectivity index (χ2n) is 6.69. The van der Waals surface area contributed by atoms with E-state index in [1.54, 1.807) is 49.5 Å². The maximum absolute atomic E-state index is 13.3. The molecule has 1 heterocycles. The van der Waals surface area contributed by atoms with Gasteiger partial charge in [0.2, 0.25) is 0 Å². The molecule has 4 aromatic rings. The Morgan fingerprint density at radius 1 is 0.867 bits per heavy atom. The normalized spacial score (nSPS) is 10.6. The molecule has 0 atom stereocenters. The number of pyridine rings is 1. The highest BCUT2D eigenvalue weighted by Gasteiger charge is 2.15. The second kappa shape index (κ2) is 8.13. The van der Waals surface area contributed by atoms with Crippen molar-refractivity contribution in [3.05, 3.63) is 95.8 Å². The molecule has 6 heteroatoms. The Balaban J connectivity index is 1.75. The van der Waals surface area contributed by atoms with E-state index in [4.69, 9.17) is 0 Å². The topological polar surface area (TPSA) is 71.1 Å². The first-order valence-corrected chi connectivity index (χ1v) is 9.34. The zero-order valence-electron chi connectivity index (χ0n) is 16.1. The van der Waals surface area contributed by atoms with Crippen LogP contribution in [0.3, 0.4) is 0 Å². The smallest absolute Gasteiger partial charge is 0.256 e. The summed E-state index contributed by atoms with van der Waals surface area (Å²) in [5.41, 5.74) is 3.32. The molecule has 2 N–H and O–H groups in total. The van der Waals surface area contributed by atoms with Gasteiger partial charge < -0.3 is 10.6 Å². The summed E-state index contributed by atoms with van der Waals surface area (Å²) in [5.74, 6) is -0.904. The van der Waals surface area contributed by atoms with Crippen LogP contribution in [0.15, 0.2) is 78.9 Å². The third kappa shape index (κ3) is 3.89. The zero-order valence-corrected chi connectivity index (χ0v) is 16.1. The van der Waals surface area contributed by atoms with Crippen LogP contribution in [0.4, 0.5) is 10.1 Å². The summed E-state index contributed by atoms with van der Waals surface area (Å²) >= 11 is 0. The van der Waals surface area contributed by atoms with E-state index >= 15 is 0 Å². The summed E-state index contributed by atoms with van der Waals surface area (Å²) in [6, 6.07) is 21.7. The minimum absolute atomic E-state index is 0.237. The number of nitrogens with zero attached hydrogens (tertiary/aromatic N) is 1. The molecule has 0 bridgehead atoms. The molecule has 5 nitrogen and oxygen atoms in total. The molecule has 0 unspecified atom stereocenters. The van der Waals surface area contributed by atoms with Gasteiger partial charge in [-0.15, -0.1) is 0 Å². The predicted octanol–water partition coefficient (Wildman–Crippen LogP) is 4.65. The van der Waals surface area contributed by atoms with E-state index < -0.39 is 0 Å². The predicted molar refractivity (Wildman–Crippen MR) is 115 cm³/mol. The van der Waals surface area contributed by atoms with Crippen LogP contribution in [-0.4, -0.2) is 23.8 Å². The fourth-order valence-electron chi connectivity index (χ4n) is 3.21. The third-order valence-corrected chi connectivity index (χ3v) is 4.71. The molecule has 0 aliphatic rings. The van der Waals surface area contributed by atoms with Gasteiger partial charge in [-0.2, -0.15) is 0 Å². The highest BCUT2D eigenvalue weighted by atomic mass is 19.1. The standard InChI is InChI=1S/C24H18FN3O2/c1-26-23(29)16-5-4-6-18(13-16)27-24(30)20-14-22(15-9-11-17(25)12-10-15)28-21-8-3-2-7-19(20)21/h2-14H,1H3,(H,26,29)(H,27,30). The van der Waals surface area contributed by atoms with Gasteiger partial charge in [-0.1, -0.05) is 24.3 Å². The molecule has 1 aromatic heterocycles. The Bertz CT molecular complexity index is 1250. The molecular weight excluding hydrogens is 381 g/mol. The number of carbonyl (C=O) groups is 2. The average molecular weight is 399 g/mol. The second-order valence-corrected chi connectivity index (χ2v) is 6.69. The van der Waals surface area contributed by atoms with Crippen molar-refractivity contribution in [1.82, 2.24) is 10.3 Å². The van der Waals surface area contributed by atoms with Gasteiger partial charge in [-0.25, -0.2) is 9.37 Å². The van der Waals surface area contributed by atoms with E-state index in [1.165, 1.54) is 12.1 Å². The van der Waals surface area contributed by atoms with Crippen LogP contribution in [0.25, 0.3) is 22.2 Å². The maximum atomic E-state index is 13.3. The van der Waals surface area contributed by atoms with E-state index in [-0.39, 0.29) is 17.6 Å². The Labute approximate surface area is 172 Å². The summed E-state index contributed by atoms with van der Waals surface area (Å²) in [5, 5.41) is 6.11. The Morgan fingerprint density at radius 3 is 2.40 bits per heavy atom. The van der Waals surface area contributed by atoms with E-state index in [9.17, 15) is 14.0 Å². The van der Waals surface area contributed by atoms with Gasteiger partial charge in [0.1, 0.15) is 5.82 Å². The number of para-hydroxylation sites is 1. The maximum Gasteiger partial charge on any atom is 0.256 e. The first-order valence-electron chi connectivity index (χ1n) is 9.34. The monoisotopic (exact) mass is 399 g/mol. The van der Waals surface area contributed by atoms with Gasteiger partial charge in [0, 0.05) is 29.2 Å². The number of anilines is 1. The quantitative estimate of drug-likeness (QED) is 0.525. The number of nitrogens with one attached hydrogen (secondary N) is 2. The summed E-state index contributed by atoms with van der Waals surface area (Å²) < 4.78 is 13.3. The fourth-order valence-corrected chi connectivity index (χ4v) is 3.21. The van der Waals surface area contributed by atoms with Crippen LogP contribution < -0.4 is 10.6 Å². The molecular formula is C24H18FN3O2. The number of carbonyl (C=O) groups excluding carboxylic acids is 2. The van der Waals surface area contributed by atoms with Gasteiger partial charge in [0.15, 0.2) is 0 Å². The minimum atomic E-state index is -0.339. The van der Waals surface area contributed by atoms with Gasteiger partial charge in [0.05, 0.1) is 16.8 Å². The molecule has 0 aliphatic carbocycles. The van der Waals surface area contributed by atoms with Crippen LogP contribution in [0.5, 0.6) is 0 Å². The number of hydrogen-bond donors (Lipinski definition) is 2. The molecule has 2 amide bonds. The van der Waals surface area contributed by atoms with E-state index in [0.29, 0.717) is 39.0 Å². The largest absolute Gasteiger partial charge is 0.355 e. The SMILES string of the molecule is CNC(=O)c1cccc(NC(=O)c2cc(-c3ccc(F)cc3)nc3ccccc23)c1.